The van der Waals surface area contributed by atoms with Crippen LogP contribution in [0.2, 0.25) is 0 Å². The maximum absolute atomic E-state index is 10.2. The van der Waals surface area contributed by atoms with Gasteiger partial charge in [-0.1, -0.05) is 0 Å². The lowest BCUT2D eigenvalue weighted by Crippen LogP contribution is -1.93. The first-order valence-corrected chi connectivity index (χ1v) is 4.32. The van der Waals surface area contributed by atoms with Crippen molar-refractivity contribution in [2.45, 2.75) is 0 Å². The fourth-order valence-electron chi connectivity index (χ4n) is 0.604. The SMILES string of the molecule is O=C(O)c1ccc(O)cc1.O=S(O)O. The molecule has 7 heteroatoms. The van der Waals surface area contributed by atoms with E-state index in [2.05, 4.69) is 0 Å². The molecule has 0 bridgehead atoms. The van der Waals surface area contributed by atoms with Crippen molar-refractivity contribution in [2.24, 2.45) is 0 Å². The van der Waals surface area contributed by atoms with Crippen molar-refractivity contribution in [3.8, 4) is 5.75 Å². The minimum Gasteiger partial charge on any atom is -0.508 e. The number of carboxylic acids is 1. The van der Waals surface area contributed by atoms with Crippen LogP contribution in [0.4, 0.5) is 0 Å². The minimum absolute atomic E-state index is 0.0741. The molecule has 14 heavy (non-hydrogen) atoms. The van der Waals surface area contributed by atoms with Gasteiger partial charge in [-0.05, 0) is 24.3 Å². The Morgan fingerprint density at radius 1 is 1.14 bits per heavy atom. The number of hydrogen-bond acceptors (Lipinski definition) is 3. The Morgan fingerprint density at radius 2 is 1.50 bits per heavy atom. The fourth-order valence-corrected chi connectivity index (χ4v) is 0.604. The number of rotatable bonds is 1. The standard InChI is InChI=1S/C7H6O3.H2O3S/c8-6-3-1-5(2-4-6)7(9)10;1-4(2)3/h1-4,8H,(H,9,10);(H2,1,2,3). The summed E-state index contributed by atoms with van der Waals surface area (Å²) in [4.78, 5) is 10.2. The maximum atomic E-state index is 10.2. The van der Waals surface area contributed by atoms with Crippen molar-refractivity contribution in [3.63, 3.8) is 0 Å². The summed E-state index contributed by atoms with van der Waals surface area (Å²) in [6, 6.07) is 5.36. The number of carboxylic acid groups (broad SMARTS) is 1. The third kappa shape index (κ3) is 6.12. The molecule has 0 saturated carbocycles. The van der Waals surface area contributed by atoms with Gasteiger partial charge in [-0.15, -0.1) is 0 Å². The first-order chi connectivity index (χ1) is 6.43. The van der Waals surface area contributed by atoms with Gasteiger partial charge in [0.15, 0.2) is 0 Å². The molecule has 1 aromatic rings. The number of aromatic carboxylic acids is 1. The van der Waals surface area contributed by atoms with Gasteiger partial charge in [0.2, 0.25) is 0 Å². The zero-order valence-electron chi connectivity index (χ0n) is 6.82. The van der Waals surface area contributed by atoms with Gasteiger partial charge < -0.3 is 10.2 Å². The monoisotopic (exact) mass is 220 g/mol. The Hall–Kier alpha value is -1.44. The predicted octanol–water partition coefficient (Wildman–Crippen LogP) is 0.771. The lowest BCUT2D eigenvalue weighted by molar-refractivity contribution is 0.0697. The molecule has 0 aliphatic heterocycles. The molecule has 0 atom stereocenters. The Morgan fingerprint density at radius 3 is 1.79 bits per heavy atom. The van der Waals surface area contributed by atoms with Crippen molar-refractivity contribution in [3.05, 3.63) is 29.8 Å². The Labute approximate surface area is 81.9 Å². The average Bonchev–Trinajstić information content (AvgIpc) is 2.03. The van der Waals surface area contributed by atoms with Crippen LogP contribution in [0, 0.1) is 0 Å². The molecule has 0 amide bonds. The molecule has 1 rings (SSSR count). The smallest absolute Gasteiger partial charge is 0.335 e. The molecule has 1 aromatic carbocycles. The second-order valence-corrected chi connectivity index (χ2v) is 2.54. The lowest BCUT2D eigenvalue weighted by Gasteiger charge is -1.92. The number of phenolic OH excluding ortho intramolecular Hbond substituents is 1. The zero-order chi connectivity index (χ0) is 11.1. The number of hydrogen-bond donors (Lipinski definition) is 4. The van der Waals surface area contributed by atoms with Gasteiger partial charge in [0, 0.05) is 0 Å². The first-order valence-electron chi connectivity index (χ1n) is 3.25. The van der Waals surface area contributed by atoms with E-state index in [1.807, 2.05) is 0 Å². The molecule has 0 radical (unpaired) electrons. The summed E-state index contributed by atoms with van der Waals surface area (Å²) in [5.74, 6) is -0.912. The molecule has 0 heterocycles. The predicted molar refractivity (Wildman–Crippen MR) is 48.5 cm³/mol. The van der Waals surface area contributed by atoms with Crippen LogP contribution in [0.25, 0.3) is 0 Å². The summed E-state index contributed by atoms with van der Waals surface area (Å²) in [6.45, 7) is 0. The molecule has 78 valence electrons. The first kappa shape index (κ1) is 12.6. The van der Waals surface area contributed by atoms with Crippen molar-refractivity contribution in [2.75, 3.05) is 0 Å². The molecule has 6 nitrogen and oxygen atoms in total. The normalized spacial score (nSPS) is 9.07. The molecular formula is C7H8O6S. The van der Waals surface area contributed by atoms with Gasteiger partial charge in [-0.2, -0.15) is 4.21 Å². The molecule has 0 fully saturated rings. The summed E-state index contributed by atoms with van der Waals surface area (Å²) in [6.07, 6.45) is 0. The highest BCUT2D eigenvalue weighted by Crippen LogP contribution is 2.08. The highest BCUT2D eigenvalue weighted by molar-refractivity contribution is 7.73. The van der Waals surface area contributed by atoms with E-state index in [4.69, 9.17) is 23.5 Å². The van der Waals surface area contributed by atoms with E-state index >= 15 is 0 Å². The highest BCUT2D eigenvalue weighted by Gasteiger charge is 1.99. The lowest BCUT2D eigenvalue weighted by atomic mass is 10.2. The third-order valence-corrected chi connectivity index (χ3v) is 1.11. The van der Waals surface area contributed by atoms with Crippen LogP contribution in [0.5, 0.6) is 5.75 Å². The Kier molecular flexibility index (Phi) is 5.46. The van der Waals surface area contributed by atoms with Crippen molar-refractivity contribution in [1.82, 2.24) is 0 Å². The van der Waals surface area contributed by atoms with Crippen molar-refractivity contribution >= 4 is 17.3 Å². The van der Waals surface area contributed by atoms with Crippen LogP contribution in [0.15, 0.2) is 24.3 Å². The van der Waals surface area contributed by atoms with E-state index in [-0.39, 0.29) is 11.3 Å². The molecule has 0 aromatic heterocycles. The number of aromatic hydroxyl groups is 1. The van der Waals surface area contributed by atoms with Crippen molar-refractivity contribution in [1.29, 1.82) is 0 Å². The van der Waals surface area contributed by atoms with Crippen LogP contribution in [-0.2, 0) is 11.4 Å². The second-order valence-electron chi connectivity index (χ2n) is 2.08. The molecule has 4 N–H and O–H groups in total. The van der Waals surface area contributed by atoms with Crippen LogP contribution >= 0.6 is 0 Å². The van der Waals surface area contributed by atoms with Crippen LogP contribution in [0.3, 0.4) is 0 Å². The maximum Gasteiger partial charge on any atom is 0.335 e. The largest absolute Gasteiger partial charge is 0.508 e. The Balaban J connectivity index is 0.000000364. The Bertz CT molecular complexity index is 315. The fraction of sp³-hybridized carbons (Fsp3) is 0. The summed E-state index contributed by atoms with van der Waals surface area (Å²) in [7, 11) is 0. The molecule has 0 aliphatic rings. The number of benzene rings is 1. The molecular weight excluding hydrogens is 212 g/mol. The van der Waals surface area contributed by atoms with E-state index in [1.165, 1.54) is 24.3 Å². The van der Waals surface area contributed by atoms with Crippen molar-refractivity contribution < 1.29 is 28.3 Å². The number of carbonyl (C=O) groups is 1. The van der Waals surface area contributed by atoms with Gasteiger partial charge in [0.05, 0.1) is 5.56 Å². The molecule has 0 unspecified atom stereocenters. The van der Waals surface area contributed by atoms with E-state index in [9.17, 15) is 4.79 Å². The summed E-state index contributed by atoms with van der Waals surface area (Å²) >= 11 is -2.61. The van der Waals surface area contributed by atoms with Gasteiger partial charge in [-0.25, -0.2) is 4.79 Å². The molecule has 0 aliphatic carbocycles. The van der Waals surface area contributed by atoms with Gasteiger partial charge in [0.1, 0.15) is 5.75 Å². The van der Waals surface area contributed by atoms with E-state index < -0.39 is 17.3 Å². The molecule has 0 saturated heterocycles. The van der Waals surface area contributed by atoms with Crippen LogP contribution in [0.1, 0.15) is 10.4 Å². The van der Waals surface area contributed by atoms with Gasteiger partial charge in [-0.3, -0.25) is 9.11 Å². The zero-order valence-corrected chi connectivity index (χ0v) is 7.64. The van der Waals surface area contributed by atoms with Crippen LogP contribution < -0.4 is 0 Å². The summed E-state index contributed by atoms with van der Waals surface area (Å²) in [5.41, 5.74) is 0.179. The average molecular weight is 220 g/mol. The minimum atomic E-state index is -2.61. The summed E-state index contributed by atoms with van der Waals surface area (Å²) in [5, 5.41) is 17.1. The van der Waals surface area contributed by atoms with E-state index in [0.29, 0.717) is 0 Å². The second kappa shape index (κ2) is 6.08. The van der Waals surface area contributed by atoms with E-state index in [0.717, 1.165) is 0 Å². The molecule has 0 spiro atoms. The van der Waals surface area contributed by atoms with Crippen LogP contribution in [-0.4, -0.2) is 29.5 Å². The van der Waals surface area contributed by atoms with Gasteiger partial charge in [0.25, 0.3) is 11.4 Å². The quantitative estimate of drug-likeness (QED) is 0.519. The topological polar surface area (TPSA) is 115 Å². The third-order valence-electron chi connectivity index (χ3n) is 1.11. The number of phenols is 1. The summed E-state index contributed by atoms with van der Waals surface area (Å²) < 4.78 is 22.8. The van der Waals surface area contributed by atoms with Gasteiger partial charge >= 0.3 is 5.97 Å². The van der Waals surface area contributed by atoms with E-state index in [1.54, 1.807) is 0 Å². The highest BCUT2D eigenvalue weighted by atomic mass is 32.2.